The highest BCUT2D eigenvalue weighted by molar-refractivity contribution is 7.18. The highest BCUT2D eigenvalue weighted by Crippen LogP contribution is 2.28. The van der Waals surface area contributed by atoms with Crippen molar-refractivity contribution in [3.05, 3.63) is 87.8 Å². The molecule has 0 aliphatic rings. The number of aryl methyl sites for hydroxylation is 1. The normalized spacial score (nSPS) is 10.7. The molecule has 0 aliphatic heterocycles. The Morgan fingerprint density at radius 3 is 2.60 bits per heavy atom. The molecule has 0 saturated heterocycles. The van der Waals surface area contributed by atoms with Gasteiger partial charge in [-0.1, -0.05) is 11.6 Å². The second-order valence-corrected chi connectivity index (χ2v) is 8.00. The van der Waals surface area contributed by atoms with Gasteiger partial charge < -0.3 is 19.5 Å². The summed E-state index contributed by atoms with van der Waals surface area (Å²) in [4.78, 5) is 25.2. The number of carbonyl (C=O) groups is 2. The van der Waals surface area contributed by atoms with E-state index in [0.717, 1.165) is 11.1 Å². The van der Waals surface area contributed by atoms with Crippen LogP contribution < -0.4 is 10.6 Å². The van der Waals surface area contributed by atoms with Gasteiger partial charge in [-0.05, 0) is 67.1 Å². The fraction of sp³-hybridized carbons (Fsp3) is 0.0909. The van der Waals surface area contributed by atoms with Gasteiger partial charge in [-0.3, -0.25) is 9.59 Å². The molecule has 4 rings (SSSR count). The summed E-state index contributed by atoms with van der Waals surface area (Å²) >= 11 is 7.11. The van der Waals surface area contributed by atoms with E-state index in [2.05, 4.69) is 10.6 Å². The number of furan rings is 2. The van der Waals surface area contributed by atoms with Crippen LogP contribution in [-0.2, 0) is 6.54 Å². The van der Waals surface area contributed by atoms with Crippen LogP contribution in [-0.4, -0.2) is 11.8 Å². The first-order valence-electron chi connectivity index (χ1n) is 9.08. The molecule has 3 heterocycles. The zero-order valence-corrected chi connectivity index (χ0v) is 17.5. The molecule has 2 amide bonds. The zero-order valence-electron chi connectivity index (χ0n) is 15.9. The molecule has 1 aromatic carbocycles. The van der Waals surface area contributed by atoms with Crippen molar-refractivity contribution in [3.63, 3.8) is 0 Å². The Labute approximate surface area is 181 Å². The minimum absolute atomic E-state index is 0.210. The van der Waals surface area contributed by atoms with E-state index in [1.807, 2.05) is 31.2 Å². The molecule has 8 heteroatoms. The standard InChI is InChI=1S/C22H17ClN2O4S/c1-13-11-19(25-21(26)18-3-2-10-28-18)30-20(13)22(27)24-12-16-8-9-17(29-16)14-4-6-15(23)7-5-14/h2-11H,12H2,1H3,(H,24,27)(H,25,26). The SMILES string of the molecule is Cc1cc(NC(=O)c2ccco2)sc1C(=O)NCc1ccc(-c2ccc(Cl)cc2)o1. The van der Waals surface area contributed by atoms with Gasteiger partial charge in [0, 0.05) is 10.6 Å². The maximum absolute atomic E-state index is 12.6. The molecule has 0 spiro atoms. The maximum Gasteiger partial charge on any atom is 0.291 e. The van der Waals surface area contributed by atoms with E-state index < -0.39 is 0 Å². The molecule has 0 bridgehead atoms. The topological polar surface area (TPSA) is 84.5 Å². The first-order valence-corrected chi connectivity index (χ1v) is 10.3. The molecular weight excluding hydrogens is 424 g/mol. The smallest absolute Gasteiger partial charge is 0.291 e. The van der Waals surface area contributed by atoms with Crippen LogP contribution in [0, 0.1) is 6.92 Å². The van der Waals surface area contributed by atoms with Crippen LogP contribution >= 0.6 is 22.9 Å². The number of anilines is 1. The van der Waals surface area contributed by atoms with E-state index in [1.54, 1.807) is 30.3 Å². The van der Waals surface area contributed by atoms with Crippen LogP contribution in [0.4, 0.5) is 5.00 Å². The number of hydrogen-bond donors (Lipinski definition) is 2. The minimum Gasteiger partial charge on any atom is -0.459 e. The van der Waals surface area contributed by atoms with Crippen LogP contribution in [0.5, 0.6) is 0 Å². The Balaban J connectivity index is 1.38. The Morgan fingerprint density at radius 1 is 1.07 bits per heavy atom. The predicted octanol–water partition coefficient (Wildman–Crippen LogP) is 5.75. The van der Waals surface area contributed by atoms with E-state index in [-0.39, 0.29) is 24.1 Å². The minimum atomic E-state index is -0.362. The second kappa shape index (κ2) is 8.61. The Kier molecular flexibility index (Phi) is 5.74. The molecule has 2 N–H and O–H groups in total. The number of thiophene rings is 1. The summed E-state index contributed by atoms with van der Waals surface area (Å²) in [5.74, 6) is 0.945. The third kappa shape index (κ3) is 4.48. The lowest BCUT2D eigenvalue weighted by Gasteiger charge is -2.03. The number of nitrogens with one attached hydrogen (secondary N) is 2. The van der Waals surface area contributed by atoms with Gasteiger partial charge in [0.05, 0.1) is 22.7 Å². The van der Waals surface area contributed by atoms with Crippen molar-refractivity contribution in [2.75, 3.05) is 5.32 Å². The van der Waals surface area contributed by atoms with Crippen LogP contribution in [0.15, 0.2) is 69.7 Å². The van der Waals surface area contributed by atoms with Crippen molar-refractivity contribution in [1.29, 1.82) is 0 Å². The number of carbonyl (C=O) groups excluding carboxylic acids is 2. The molecule has 0 atom stereocenters. The molecule has 0 aliphatic carbocycles. The average Bonchev–Trinajstić information content (AvgIpc) is 3.48. The van der Waals surface area contributed by atoms with E-state index >= 15 is 0 Å². The van der Waals surface area contributed by atoms with Crippen molar-refractivity contribution >= 4 is 39.8 Å². The number of benzene rings is 1. The Bertz CT molecular complexity index is 1180. The lowest BCUT2D eigenvalue weighted by atomic mass is 10.2. The largest absolute Gasteiger partial charge is 0.459 e. The number of hydrogen-bond acceptors (Lipinski definition) is 5. The van der Waals surface area contributed by atoms with E-state index in [0.29, 0.717) is 26.4 Å². The van der Waals surface area contributed by atoms with Gasteiger partial charge in [0.1, 0.15) is 11.5 Å². The molecule has 152 valence electrons. The fourth-order valence-corrected chi connectivity index (χ4v) is 3.95. The summed E-state index contributed by atoms with van der Waals surface area (Å²) in [5, 5.41) is 6.81. The molecule has 0 radical (unpaired) electrons. The number of amides is 2. The number of halogens is 1. The van der Waals surface area contributed by atoms with Crippen molar-refractivity contribution in [3.8, 4) is 11.3 Å². The molecule has 4 aromatic rings. The molecule has 0 fully saturated rings. The molecule has 6 nitrogen and oxygen atoms in total. The van der Waals surface area contributed by atoms with Gasteiger partial charge in [-0.15, -0.1) is 11.3 Å². The van der Waals surface area contributed by atoms with E-state index in [1.165, 1.54) is 17.6 Å². The highest BCUT2D eigenvalue weighted by atomic mass is 35.5. The molecular formula is C22H17ClN2O4S. The van der Waals surface area contributed by atoms with Crippen LogP contribution in [0.1, 0.15) is 31.6 Å². The second-order valence-electron chi connectivity index (χ2n) is 6.51. The highest BCUT2D eigenvalue weighted by Gasteiger charge is 2.17. The first-order chi connectivity index (χ1) is 14.5. The van der Waals surface area contributed by atoms with Crippen molar-refractivity contribution in [2.24, 2.45) is 0 Å². The Morgan fingerprint density at radius 2 is 1.87 bits per heavy atom. The van der Waals surface area contributed by atoms with Crippen molar-refractivity contribution < 1.29 is 18.4 Å². The van der Waals surface area contributed by atoms with Crippen LogP contribution in [0.3, 0.4) is 0 Å². The third-order valence-corrected chi connectivity index (χ3v) is 5.72. The lowest BCUT2D eigenvalue weighted by Crippen LogP contribution is -2.22. The zero-order chi connectivity index (χ0) is 21.1. The molecule has 3 aromatic heterocycles. The molecule has 0 unspecified atom stereocenters. The lowest BCUT2D eigenvalue weighted by molar-refractivity contribution is 0.0950. The van der Waals surface area contributed by atoms with Crippen LogP contribution in [0.25, 0.3) is 11.3 Å². The Hall–Kier alpha value is -3.29. The molecule has 30 heavy (non-hydrogen) atoms. The monoisotopic (exact) mass is 440 g/mol. The van der Waals surface area contributed by atoms with Gasteiger partial charge in [-0.2, -0.15) is 0 Å². The summed E-state index contributed by atoms with van der Waals surface area (Å²) in [5.41, 5.74) is 1.68. The van der Waals surface area contributed by atoms with Crippen molar-refractivity contribution in [2.45, 2.75) is 13.5 Å². The molecule has 0 saturated carbocycles. The van der Waals surface area contributed by atoms with Gasteiger partial charge in [0.2, 0.25) is 0 Å². The van der Waals surface area contributed by atoms with Gasteiger partial charge in [-0.25, -0.2) is 0 Å². The third-order valence-electron chi connectivity index (χ3n) is 4.32. The van der Waals surface area contributed by atoms with E-state index in [4.69, 9.17) is 20.4 Å². The van der Waals surface area contributed by atoms with Gasteiger partial charge in [0.15, 0.2) is 5.76 Å². The number of rotatable bonds is 6. The quantitative estimate of drug-likeness (QED) is 0.400. The average molecular weight is 441 g/mol. The van der Waals surface area contributed by atoms with Crippen LogP contribution in [0.2, 0.25) is 5.02 Å². The summed E-state index contributed by atoms with van der Waals surface area (Å²) < 4.78 is 10.9. The summed E-state index contributed by atoms with van der Waals surface area (Å²) in [6.07, 6.45) is 1.43. The first kappa shape index (κ1) is 20.0. The summed E-state index contributed by atoms with van der Waals surface area (Å²) in [7, 11) is 0. The van der Waals surface area contributed by atoms with Gasteiger partial charge >= 0.3 is 0 Å². The predicted molar refractivity (Wildman–Crippen MR) is 116 cm³/mol. The van der Waals surface area contributed by atoms with Crippen molar-refractivity contribution in [1.82, 2.24) is 5.32 Å². The fourth-order valence-electron chi connectivity index (χ4n) is 2.84. The summed E-state index contributed by atoms with van der Waals surface area (Å²) in [6, 6.07) is 16.0. The van der Waals surface area contributed by atoms with E-state index in [9.17, 15) is 9.59 Å². The summed E-state index contributed by atoms with van der Waals surface area (Å²) in [6.45, 7) is 2.07. The maximum atomic E-state index is 12.6. The van der Waals surface area contributed by atoms with Gasteiger partial charge in [0.25, 0.3) is 11.8 Å².